The van der Waals surface area contributed by atoms with E-state index in [1.54, 1.807) is 0 Å². The summed E-state index contributed by atoms with van der Waals surface area (Å²) in [7, 11) is 0. The second-order valence-corrected chi connectivity index (χ2v) is 5.86. The first-order valence-electron chi connectivity index (χ1n) is 7.23. The summed E-state index contributed by atoms with van der Waals surface area (Å²) in [6.07, 6.45) is 3.95. The lowest BCUT2D eigenvalue weighted by atomic mass is 9.85. The largest absolute Gasteiger partial charge is 0.390 e. The molecule has 0 heterocycles. The van der Waals surface area contributed by atoms with E-state index in [2.05, 4.69) is 31.0 Å². The molecule has 0 aliphatic heterocycles. The van der Waals surface area contributed by atoms with Crippen LogP contribution in [-0.4, -0.2) is 48.8 Å². The van der Waals surface area contributed by atoms with Gasteiger partial charge in [0.15, 0.2) is 0 Å². The summed E-state index contributed by atoms with van der Waals surface area (Å²) in [6, 6.07) is 0. The van der Waals surface area contributed by atoms with Crippen molar-refractivity contribution in [2.45, 2.75) is 46.1 Å². The second-order valence-electron chi connectivity index (χ2n) is 5.86. The van der Waals surface area contributed by atoms with Gasteiger partial charge >= 0.3 is 0 Å². The summed E-state index contributed by atoms with van der Waals surface area (Å²) in [4.78, 5) is 2.39. The van der Waals surface area contributed by atoms with Crippen LogP contribution in [0.2, 0.25) is 0 Å². The third-order valence-corrected chi connectivity index (χ3v) is 3.59. The van der Waals surface area contributed by atoms with Gasteiger partial charge in [-0.3, -0.25) is 0 Å². The van der Waals surface area contributed by atoms with Gasteiger partial charge < -0.3 is 15.3 Å². The van der Waals surface area contributed by atoms with Crippen molar-refractivity contribution in [1.29, 1.82) is 0 Å². The molecular formula is C14H30N2O. The highest BCUT2D eigenvalue weighted by Crippen LogP contribution is 2.26. The molecule has 1 atom stereocenters. The summed E-state index contributed by atoms with van der Waals surface area (Å²) < 4.78 is 0. The fourth-order valence-corrected chi connectivity index (χ4v) is 2.27. The Balaban J connectivity index is 2.10. The average molecular weight is 242 g/mol. The molecule has 0 bridgehead atoms. The van der Waals surface area contributed by atoms with Crippen LogP contribution in [-0.2, 0) is 0 Å². The number of nitrogens with one attached hydrogen (secondary N) is 1. The number of aliphatic hydroxyl groups excluding tert-OH is 1. The van der Waals surface area contributed by atoms with Crippen molar-refractivity contribution in [2.24, 2.45) is 11.8 Å². The molecule has 1 rings (SSSR count). The highest BCUT2D eigenvalue weighted by Gasteiger charge is 2.21. The molecule has 0 saturated heterocycles. The quantitative estimate of drug-likeness (QED) is 0.646. The normalized spacial score (nSPS) is 18.7. The molecule has 1 aliphatic carbocycles. The third kappa shape index (κ3) is 6.39. The molecule has 0 amide bonds. The zero-order valence-electron chi connectivity index (χ0n) is 11.8. The van der Waals surface area contributed by atoms with Crippen LogP contribution < -0.4 is 5.32 Å². The minimum absolute atomic E-state index is 0.228. The van der Waals surface area contributed by atoms with E-state index in [0.717, 1.165) is 32.1 Å². The zero-order chi connectivity index (χ0) is 12.7. The van der Waals surface area contributed by atoms with Crippen LogP contribution in [0.4, 0.5) is 0 Å². The maximum atomic E-state index is 9.96. The highest BCUT2D eigenvalue weighted by molar-refractivity contribution is 4.75. The van der Waals surface area contributed by atoms with E-state index in [1.807, 2.05) is 0 Å². The lowest BCUT2D eigenvalue weighted by molar-refractivity contribution is 0.0929. The standard InChI is InChI=1S/C14H30N2O/c1-4-16(10-13-6-5-7-13)11-14(17)9-15-8-12(2)3/h12-15,17H,4-11H2,1-3H3. The van der Waals surface area contributed by atoms with Crippen LogP contribution >= 0.6 is 0 Å². The number of rotatable bonds is 9. The molecule has 102 valence electrons. The number of nitrogens with zero attached hydrogens (tertiary/aromatic N) is 1. The summed E-state index contributed by atoms with van der Waals surface area (Å²) in [6.45, 7) is 11.3. The summed E-state index contributed by atoms with van der Waals surface area (Å²) >= 11 is 0. The van der Waals surface area contributed by atoms with E-state index in [9.17, 15) is 5.11 Å². The molecule has 1 aliphatic rings. The molecule has 3 heteroatoms. The minimum Gasteiger partial charge on any atom is -0.390 e. The molecule has 0 aromatic heterocycles. The molecule has 0 radical (unpaired) electrons. The van der Waals surface area contributed by atoms with E-state index < -0.39 is 0 Å². The van der Waals surface area contributed by atoms with Gasteiger partial charge in [-0.05, 0) is 37.8 Å². The Morgan fingerprint density at radius 3 is 2.47 bits per heavy atom. The monoisotopic (exact) mass is 242 g/mol. The molecule has 1 unspecified atom stereocenters. The number of hydrogen-bond donors (Lipinski definition) is 2. The molecule has 2 N–H and O–H groups in total. The first-order chi connectivity index (χ1) is 8.11. The Bertz CT molecular complexity index is 193. The Hall–Kier alpha value is -0.120. The van der Waals surface area contributed by atoms with Gasteiger partial charge in [-0.15, -0.1) is 0 Å². The van der Waals surface area contributed by atoms with Crippen LogP contribution in [0.3, 0.4) is 0 Å². The van der Waals surface area contributed by atoms with Crippen LogP contribution in [0.1, 0.15) is 40.0 Å². The molecular weight excluding hydrogens is 212 g/mol. The molecule has 3 nitrogen and oxygen atoms in total. The molecule has 0 spiro atoms. The topological polar surface area (TPSA) is 35.5 Å². The minimum atomic E-state index is -0.228. The molecule has 1 saturated carbocycles. The van der Waals surface area contributed by atoms with Crippen molar-refractivity contribution in [3.63, 3.8) is 0 Å². The Morgan fingerprint density at radius 2 is 2.00 bits per heavy atom. The third-order valence-electron chi connectivity index (χ3n) is 3.59. The van der Waals surface area contributed by atoms with E-state index in [4.69, 9.17) is 0 Å². The Kier molecular flexibility index (Phi) is 7.09. The first-order valence-corrected chi connectivity index (χ1v) is 7.23. The van der Waals surface area contributed by atoms with Crippen molar-refractivity contribution >= 4 is 0 Å². The lowest BCUT2D eigenvalue weighted by Crippen LogP contribution is -2.41. The van der Waals surface area contributed by atoms with Crippen LogP contribution in [0.25, 0.3) is 0 Å². The number of hydrogen-bond acceptors (Lipinski definition) is 3. The zero-order valence-corrected chi connectivity index (χ0v) is 11.8. The maximum Gasteiger partial charge on any atom is 0.0791 e. The highest BCUT2D eigenvalue weighted by atomic mass is 16.3. The van der Waals surface area contributed by atoms with Crippen LogP contribution in [0, 0.1) is 11.8 Å². The molecule has 0 aromatic rings. The summed E-state index contributed by atoms with van der Waals surface area (Å²) in [5, 5.41) is 13.3. The van der Waals surface area contributed by atoms with E-state index in [0.29, 0.717) is 5.92 Å². The molecule has 1 fully saturated rings. The number of likely N-dealkylation sites (N-methyl/N-ethyl adjacent to an activating group) is 1. The van der Waals surface area contributed by atoms with Crippen molar-refractivity contribution < 1.29 is 5.11 Å². The van der Waals surface area contributed by atoms with Gasteiger partial charge in [0.2, 0.25) is 0 Å². The number of aliphatic hydroxyl groups is 1. The van der Waals surface area contributed by atoms with Gasteiger partial charge in [0.25, 0.3) is 0 Å². The van der Waals surface area contributed by atoms with Gasteiger partial charge in [-0.25, -0.2) is 0 Å². The van der Waals surface area contributed by atoms with Gasteiger partial charge in [-0.2, -0.15) is 0 Å². The fraction of sp³-hybridized carbons (Fsp3) is 1.00. The summed E-state index contributed by atoms with van der Waals surface area (Å²) in [5.74, 6) is 1.55. The SMILES string of the molecule is CCN(CC(O)CNCC(C)C)CC1CCC1. The van der Waals surface area contributed by atoms with Crippen LogP contribution in [0.5, 0.6) is 0 Å². The van der Waals surface area contributed by atoms with Gasteiger partial charge in [0.05, 0.1) is 6.10 Å². The Labute approximate surface area is 107 Å². The lowest BCUT2D eigenvalue weighted by Gasteiger charge is -2.32. The van der Waals surface area contributed by atoms with Crippen LogP contribution in [0.15, 0.2) is 0 Å². The Morgan fingerprint density at radius 1 is 1.29 bits per heavy atom. The molecule has 17 heavy (non-hydrogen) atoms. The van der Waals surface area contributed by atoms with Crippen molar-refractivity contribution in [3.8, 4) is 0 Å². The fourth-order valence-electron chi connectivity index (χ4n) is 2.27. The van der Waals surface area contributed by atoms with Crippen molar-refractivity contribution in [3.05, 3.63) is 0 Å². The van der Waals surface area contributed by atoms with Crippen molar-refractivity contribution in [2.75, 3.05) is 32.7 Å². The second kappa shape index (κ2) is 8.06. The molecule has 0 aromatic carbocycles. The predicted octanol–water partition coefficient (Wildman–Crippen LogP) is 1.71. The van der Waals surface area contributed by atoms with Gasteiger partial charge in [0, 0.05) is 19.6 Å². The van der Waals surface area contributed by atoms with Crippen molar-refractivity contribution in [1.82, 2.24) is 10.2 Å². The van der Waals surface area contributed by atoms with E-state index in [1.165, 1.54) is 25.8 Å². The predicted molar refractivity (Wildman–Crippen MR) is 73.2 cm³/mol. The smallest absolute Gasteiger partial charge is 0.0791 e. The van der Waals surface area contributed by atoms with Gasteiger partial charge in [-0.1, -0.05) is 27.2 Å². The van der Waals surface area contributed by atoms with E-state index in [-0.39, 0.29) is 6.10 Å². The average Bonchev–Trinajstić information content (AvgIpc) is 2.20. The maximum absolute atomic E-state index is 9.96. The van der Waals surface area contributed by atoms with Gasteiger partial charge in [0.1, 0.15) is 0 Å². The van der Waals surface area contributed by atoms with E-state index >= 15 is 0 Å². The summed E-state index contributed by atoms with van der Waals surface area (Å²) in [5.41, 5.74) is 0. The first kappa shape index (κ1) is 14.9.